The monoisotopic (exact) mass is 647 g/mol. The standard InChI is InChI=1S/C35H38ClN3O5S/c1-25(2)37-35(41)32(21-27-11-7-5-8-12-27)38(23-28-13-9-6-10-14-28)34(40)24-39(29-17-20-33(44-4)31(36)22-29)45(42,43)30-18-15-26(3)16-19-30/h5-20,22,25,32H,21,23-24H2,1-4H3,(H,37,41). The molecule has 0 aliphatic carbocycles. The van der Waals surface area contributed by atoms with Crippen molar-refractivity contribution < 1.29 is 22.7 Å². The average Bonchev–Trinajstić information content (AvgIpc) is 3.02. The Balaban J connectivity index is 1.81. The maximum Gasteiger partial charge on any atom is 0.264 e. The van der Waals surface area contributed by atoms with Gasteiger partial charge in [-0.1, -0.05) is 90.0 Å². The molecule has 0 aromatic heterocycles. The summed E-state index contributed by atoms with van der Waals surface area (Å²) >= 11 is 6.43. The molecule has 0 saturated heterocycles. The van der Waals surface area contributed by atoms with E-state index in [4.69, 9.17) is 16.3 Å². The number of anilines is 1. The third-order valence-electron chi connectivity index (χ3n) is 7.21. The van der Waals surface area contributed by atoms with Gasteiger partial charge in [0.25, 0.3) is 10.0 Å². The van der Waals surface area contributed by atoms with Crippen molar-refractivity contribution in [3.63, 3.8) is 0 Å². The Morgan fingerprint density at radius 3 is 2.02 bits per heavy atom. The molecule has 236 valence electrons. The SMILES string of the molecule is COc1ccc(N(CC(=O)N(Cc2ccccc2)C(Cc2ccccc2)C(=O)NC(C)C)S(=O)(=O)c2ccc(C)cc2)cc1Cl. The number of amides is 2. The summed E-state index contributed by atoms with van der Waals surface area (Å²) in [6.45, 7) is 5.07. The van der Waals surface area contributed by atoms with Gasteiger partial charge in [-0.2, -0.15) is 0 Å². The van der Waals surface area contributed by atoms with Crippen molar-refractivity contribution in [1.82, 2.24) is 10.2 Å². The number of hydrogen-bond acceptors (Lipinski definition) is 5. The predicted octanol–water partition coefficient (Wildman–Crippen LogP) is 6.02. The summed E-state index contributed by atoms with van der Waals surface area (Å²) in [6, 6.07) is 28.6. The van der Waals surface area contributed by atoms with Gasteiger partial charge in [0.2, 0.25) is 11.8 Å². The first kappa shape index (κ1) is 33.6. The van der Waals surface area contributed by atoms with Crippen LogP contribution in [-0.4, -0.2) is 50.9 Å². The van der Waals surface area contributed by atoms with Crippen molar-refractivity contribution in [2.75, 3.05) is 18.0 Å². The summed E-state index contributed by atoms with van der Waals surface area (Å²) in [5.41, 5.74) is 2.72. The number of carbonyl (C=O) groups is 2. The number of ether oxygens (including phenoxy) is 1. The molecule has 4 aromatic carbocycles. The fraction of sp³-hybridized carbons (Fsp3) is 0.257. The zero-order valence-corrected chi connectivity index (χ0v) is 27.4. The van der Waals surface area contributed by atoms with Crippen LogP contribution in [0.25, 0.3) is 0 Å². The molecule has 45 heavy (non-hydrogen) atoms. The largest absolute Gasteiger partial charge is 0.495 e. The first-order valence-electron chi connectivity index (χ1n) is 14.6. The number of halogens is 1. The maximum atomic E-state index is 14.5. The van der Waals surface area contributed by atoms with Gasteiger partial charge in [0, 0.05) is 19.0 Å². The molecule has 0 radical (unpaired) electrons. The molecule has 0 spiro atoms. The van der Waals surface area contributed by atoms with E-state index in [1.54, 1.807) is 18.2 Å². The number of hydrogen-bond donors (Lipinski definition) is 1. The van der Waals surface area contributed by atoms with Crippen LogP contribution in [0, 0.1) is 6.92 Å². The van der Waals surface area contributed by atoms with Gasteiger partial charge in [-0.15, -0.1) is 0 Å². The summed E-state index contributed by atoms with van der Waals surface area (Å²) in [7, 11) is -2.79. The van der Waals surface area contributed by atoms with Gasteiger partial charge in [-0.25, -0.2) is 8.42 Å². The van der Waals surface area contributed by atoms with Crippen LogP contribution in [0.2, 0.25) is 5.02 Å². The highest BCUT2D eigenvalue weighted by atomic mass is 35.5. The topological polar surface area (TPSA) is 96.0 Å². The van der Waals surface area contributed by atoms with Gasteiger partial charge >= 0.3 is 0 Å². The van der Waals surface area contributed by atoms with Crippen LogP contribution in [0.1, 0.15) is 30.5 Å². The maximum absolute atomic E-state index is 14.5. The molecule has 1 unspecified atom stereocenters. The Kier molecular flexibility index (Phi) is 11.3. The van der Waals surface area contributed by atoms with Crippen LogP contribution in [0.4, 0.5) is 5.69 Å². The highest BCUT2D eigenvalue weighted by Gasteiger charge is 2.35. The van der Waals surface area contributed by atoms with Gasteiger partial charge in [0.15, 0.2) is 0 Å². The normalized spacial score (nSPS) is 12.0. The molecule has 0 aliphatic heterocycles. The van der Waals surface area contributed by atoms with E-state index in [0.717, 1.165) is 21.0 Å². The smallest absolute Gasteiger partial charge is 0.264 e. The van der Waals surface area contributed by atoms with Crippen LogP contribution in [-0.2, 0) is 32.6 Å². The van der Waals surface area contributed by atoms with Gasteiger partial charge in [-0.05, 0) is 62.2 Å². The number of methoxy groups -OCH3 is 1. The number of nitrogens with zero attached hydrogens (tertiary/aromatic N) is 2. The lowest BCUT2D eigenvalue weighted by atomic mass is 10.0. The van der Waals surface area contributed by atoms with Gasteiger partial charge in [0.05, 0.1) is 22.7 Å². The number of sulfonamides is 1. The molecule has 4 rings (SSSR count). The summed E-state index contributed by atoms with van der Waals surface area (Å²) in [4.78, 5) is 29.7. The van der Waals surface area contributed by atoms with Gasteiger partial charge in [-0.3, -0.25) is 13.9 Å². The lowest BCUT2D eigenvalue weighted by molar-refractivity contribution is -0.140. The molecule has 1 atom stereocenters. The molecule has 0 aliphatic rings. The molecule has 10 heteroatoms. The first-order valence-corrected chi connectivity index (χ1v) is 16.4. The zero-order chi connectivity index (χ0) is 32.6. The third kappa shape index (κ3) is 8.65. The molecule has 4 aromatic rings. The Morgan fingerprint density at radius 2 is 1.47 bits per heavy atom. The number of rotatable bonds is 13. The van der Waals surface area contributed by atoms with Crippen LogP contribution in [0.5, 0.6) is 5.75 Å². The van der Waals surface area contributed by atoms with E-state index in [1.807, 2.05) is 81.4 Å². The molecule has 0 saturated carbocycles. The Bertz CT molecular complexity index is 1700. The van der Waals surface area contributed by atoms with E-state index in [9.17, 15) is 18.0 Å². The number of carbonyl (C=O) groups excluding carboxylic acids is 2. The van der Waals surface area contributed by atoms with E-state index in [-0.39, 0.29) is 40.5 Å². The van der Waals surface area contributed by atoms with Crippen LogP contribution >= 0.6 is 11.6 Å². The Morgan fingerprint density at radius 1 is 0.867 bits per heavy atom. The molecular weight excluding hydrogens is 610 g/mol. The number of aryl methyl sites for hydroxylation is 1. The highest BCUT2D eigenvalue weighted by Crippen LogP contribution is 2.32. The van der Waals surface area contributed by atoms with Gasteiger partial charge < -0.3 is 15.0 Å². The van der Waals surface area contributed by atoms with Crippen molar-refractivity contribution in [3.05, 3.63) is 125 Å². The van der Waals surface area contributed by atoms with E-state index in [1.165, 1.54) is 36.3 Å². The second-order valence-electron chi connectivity index (χ2n) is 11.0. The van der Waals surface area contributed by atoms with Crippen LogP contribution < -0.4 is 14.4 Å². The quantitative estimate of drug-likeness (QED) is 0.192. The van der Waals surface area contributed by atoms with E-state index >= 15 is 0 Å². The van der Waals surface area contributed by atoms with Crippen molar-refractivity contribution >= 4 is 39.1 Å². The summed E-state index contributed by atoms with van der Waals surface area (Å²) < 4.78 is 34.6. The lowest BCUT2D eigenvalue weighted by Gasteiger charge is -2.34. The first-order chi connectivity index (χ1) is 21.5. The fourth-order valence-corrected chi connectivity index (χ4v) is 6.55. The van der Waals surface area contributed by atoms with Crippen LogP contribution in [0.3, 0.4) is 0 Å². The minimum atomic E-state index is -4.25. The molecule has 0 bridgehead atoms. The van der Waals surface area contributed by atoms with Crippen molar-refractivity contribution in [3.8, 4) is 5.75 Å². The molecule has 0 fully saturated rings. The fourth-order valence-electron chi connectivity index (χ4n) is 4.89. The molecular formula is C35H38ClN3O5S. The molecule has 2 amide bonds. The molecule has 1 N–H and O–H groups in total. The van der Waals surface area contributed by atoms with Crippen molar-refractivity contribution in [1.29, 1.82) is 0 Å². The molecule has 0 heterocycles. The minimum absolute atomic E-state index is 0.0147. The van der Waals surface area contributed by atoms with E-state index in [0.29, 0.717) is 5.75 Å². The predicted molar refractivity (Wildman–Crippen MR) is 178 cm³/mol. The zero-order valence-electron chi connectivity index (χ0n) is 25.8. The van der Waals surface area contributed by atoms with Gasteiger partial charge in [0.1, 0.15) is 18.3 Å². The number of benzene rings is 4. The summed E-state index contributed by atoms with van der Waals surface area (Å²) in [6.07, 6.45) is 0.233. The van der Waals surface area contributed by atoms with E-state index in [2.05, 4.69) is 5.32 Å². The molecule has 8 nitrogen and oxygen atoms in total. The second kappa shape index (κ2) is 15.1. The van der Waals surface area contributed by atoms with Crippen molar-refractivity contribution in [2.45, 2.75) is 50.7 Å². The summed E-state index contributed by atoms with van der Waals surface area (Å²) in [5, 5.41) is 3.14. The Labute approximate surface area is 270 Å². The Hall–Kier alpha value is -4.34. The summed E-state index contributed by atoms with van der Waals surface area (Å²) in [5.74, 6) is -0.529. The van der Waals surface area contributed by atoms with Crippen molar-refractivity contribution in [2.24, 2.45) is 0 Å². The minimum Gasteiger partial charge on any atom is -0.495 e. The highest BCUT2D eigenvalue weighted by molar-refractivity contribution is 7.92. The van der Waals surface area contributed by atoms with Crippen LogP contribution in [0.15, 0.2) is 108 Å². The second-order valence-corrected chi connectivity index (χ2v) is 13.3. The number of nitrogens with one attached hydrogen (secondary N) is 1. The van der Waals surface area contributed by atoms with E-state index < -0.39 is 28.5 Å². The average molecular weight is 648 g/mol. The third-order valence-corrected chi connectivity index (χ3v) is 9.29. The lowest BCUT2D eigenvalue weighted by Crippen LogP contribution is -2.54.